The van der Waals surface area contributed by atoms with Crippen LogP contribution in [0.4, 0.5) is 13.2 Å². The Kier molecular flexibility index (Phi) is 4.07. The summed E-state index contributed by atoms with van der Waals surface area (Å²) in [6, 6.07) is 6.02. The summed E-state index contributed by atoms with van der Waals surface area (Å²) in [4.78, 5) is 2.50. The molecule has 4 heteroatoms. The van der Waals surface area contributed by atoms with Crippen LogP contribution in [0.15, 0.2) is 29.8 Å². The monoisotopic (exact) mass is 295 g/mol. The van der Waals surface area contributed by atoms with Crippen LogP contribution in [0.5, 0.6) is 0 Å². The van der Waals surface area contributed by atoms with E-state index in [2.05, 4.69) is 11.0 Å². The lowest BCUT2D eigenvalue weighted by molar-refractivity contribution is -0.137. The highest BCUT2D eigenvalue weighted by Gasteiger charge is 2.30. The van der Waals surface area contributed by atoms with E-state index in [1.165, 1.54) is 43.4 Å². The van der Waals surface area contributed by atoms with Crippen molar-refractivity contribution in [2.45, 2.75) is 44.3 Å². The van der Waals surface area contributed by atoms with Gasteiger partial charge in [0.1, 0.15) is 0 Å². The van der Waals surface area contributed by atoms with E-state index in [1.54, 1.807) is 12.1 Å². The maximum absolute atomic E-state index is 12.6. The zero-order valence-electron chi connectivity index (χ0n) is 12.0. The summed E-state index contributed by atoms with van der Waals surface area (Å²) in [5, 5.41) is 0. The molecule has 2 fully saturated rings. The molecule has 1 saturated carbocycles. The highest BCUT2D eigenvalue weighted by molar-refractivity contribution is 5.55. The molecule has 114 valence electrons. The van der Waals surface area contributed by atoms with Crippen LogP contribution >= 0.6 is 0 Å². The van der Waals surface area contributed by atoms with Crippen molar-refractivity contribution >= 4 is 6.08 Å². The Balaban J connectivity index is 1.78. The molecule has 0 aromatic heterocycles. The molecule has 1 nitrogen and oxygen atoms in total. The number of hydrogen-bond acceptors (Lipinski definition) is 1. The molecular weight excluding hydrogens is 275 g/mol. The molecule has 3 rings (SSSR count). The number of likely N-dealkylation sites (tertiary alicyclic amines) is 1. The van der Waals surface area contributed by atoms with Crippen molar-refractivity contribution in [3.63, 3.8) is 0 Å². The topological polar surface area (TPSA) is 3.24 Å². The summed E-state index contributed by atoms with van der Waals surface area (Å²) in [6.45, 7) is 2.32. The molecule has 1 unspecified atom stereocenters. The Hall–Kier alpha value is -1.29. The third-order valence-electron chi connectivity index (χ3n) is 4.54. The maximum atomic E-state index is 12.6. The Morgan fingerprint density at radius 3 is 2.29 bits per heavy atom. The van der Waals surface area contributed by atoms with E-state index in [0.29, 0.717) is 6.04 Å². The maximum Gasteiger partial charge on any atom is 0.416 e. The first-order valence-electron chi connectivity index (χ1n) is 7.66. The van der Waals surface area contributed by atoms with E-state index in [-0.39, 0.29) is 0 Å². The van der Waals surface area contributed by atoms with E-state index >= 15 is 0 Å². The normalized spacial score (nSPS) is 25.9. The van der Waals surface area contributed by atoms with Gasteiger partial charge in [0.15, 0.2) is 0 Å². The summed E-state index contributed by atoms with van der Waals surface area (Å²) in [6.07, 6.45) is 3.82. The average Bonchev–Trinajstić information content (AvgIpc) is 2.39. The summed E-state index contributed by atoms with van der Waals surface area (Å²) in [5.74, 6) is 0. The van der Waals surface area contributed by atoms with Gasteiger partial charge < -0.3 is 0 Å². The van der Waals surface area contributed by atoms with Crippen molar-refractivity contribution in [3.8, 4) is 0 Å². The zero-order valence-corrected chi connectivity index (χ0v) is 12.0. The van der Waals surface area contributed by atoms with Crippen molar-refractivity contribution < 1.29 is 13.2 Å². The molecule has 1 saturated heterocycles. The first-order valence-corrected chi connectivity index (χ1v) is 7.66. The number of halogens is 3. The van der Waals surface area contributed by atoms with Crippen molar-refractivity contribution in [2.75, 3.05) is 13.1 Å². The molecule has 1 aliphatic heterocycles. The van der Waals surface area contributed by atoms with E-state index < -0.39 is 11.7 Å². The predicted molar refractivity (Wildman–Crippen MR) is 77.9 cm³/mol. The molecule has 21 heavy (non-hydrogen) atoms. The third-order valence-corrected chi connectivity index (χ3v) is 4.54. The first-order chi connectivity index (χ1) is 10.0. The summed E-state index contributed by atoms with van der Waals surface area (Å²) < 4.78 is 37.7. The second-order valence-electron chi connectivity index (χ2n) is 5.99. The largest absolute Gasteiger partial charge is 0.416 e. The van der Waals surface area contributed by atoms with Gasteiger partial charge in [-0.25, -0.2) is 0 Å². The van der Waals surface area contributed by atoms with E-state index in [1.807, 2.05) is 0 Å². The Morgan fingerprint density at radius 2 is 1.71 bits per heavy atom. The molecule has 1 aliphatic carbocycles. The number of alkyl halides is 3. The number of hydrogen-bond donors (Lipinski definition) is 0. The van der Waals surface area contributed by atoms with E-state index in [4.69, 9.17) is 0 Å². The second kappa shape index (κ2) is 5.84. The molecule has 1 aromatic rings. The van der Waals surface area contributed by atoms with Gasteiger partial charge in [-0.15, -0.1) is 0 Å². The highest BCUT2D eigenvalue weighted by atomic mass is 19.4. The Labute approximate surface area is 123 Å². The summed E-state index contributed by atoms with van der Waals surface area (Å²) in [5.41, 5.74) is 1.69. The van der Waals surface area contributed by atoms with Crippen LogP contribution in [0.25, 0.3) is 6.08 Å². The second-order valence-corrected chi connectivity index (χ2v) is 5.99. The van der Waals surface area contributed by atoms with Gasteiger partial charge in [0.05, 0.1) is 5.56 Å². The van der Waals surface area contributed by atoms with Crippen LogP contribution in [0.2, 0.25) is 0 Å². The minimum atomic E-state index is -4.25. The average molecular weight is 295 g/mol. The molecular formula is C17H20F3N. The standard InChI is InChI=1S/C17H20F3N/c18-17(19,20)15-8-6-13(7-9-15)12-14-4-1-2-5-16(14)21-10-3-11-21/h6-9,12,16H,1-5,10-11H2. The van der Waals surface area contributed by atoms with Gasteiger partial charge in [-0.1, -0.05) is 30.2 Å². The molecule has 1 heterocycles. The van der Waals surface area contributed by atoms with Gasteiger partial charge in [-0.05, 0) is 56.5 Å². The smallest absolute Gasteiger partial charge is 0.297 e. The first kappa shape index (κ1) is 14.6. The van der Waals surface area contributed by atoms with Gasteiger partial charge in [-0.2, -0.15) is 13.2 Å². The lowest BCUT2D eigenvalue weighted by Crippen LogP contribution is -2.46. The van der Waals surface area contributed by atoms with Gasteiger partial charge >= 0.3 is 6.18 Å². The Bertz CT molecular complexity index is 512. The molecule has 0 spiro atoms. The molecule has 0 N–H and O–H groups in total. The lowest BCUT2D eigenvalue weighted by atomic mass is 9.86. The fourth-order valence-electron chi connectivity index (χ4n) is 3.24. The molecule has 2 aliphatic rings. The van der Waals surface area contributed by atoms with Crippen molar-refractivity contribution in [1.82, 2.24) is 4.90 Å². The fraction of sp³-hybridized carbons (Fsp3) is 0.529. The van der Waals surface area contributed by atoms with Gasteiger partial charge in [-0.3, -0.25) is 4.90 Å². The van der Waals surface area contributed by atoms with Crippen LogP contribution < -0.4 is 0 Å². The van der Waals surface area contributed by atoms with Crippen LogP contribution in [0, 0.1) is 0 Å². The SMILES string of the molecule is FC(F)(F)c1ccc(C=C2CCCCC2N2CCC2)cc1. The zero-order chi connectivity index (χ0) is 14.9. The van der Waals surface area contributed by atoms with Gasteiger partial charge in [0, 0.05) is 6.04 Å². The molecule has 1 atom stereocenters. The summed E-state index contributed by atoms with van der Waals surface area (Å²) >= 11 is 0. The predicted octanol–water partition coefficient (Wildman–Crippen LogP) is 4.74. The fourth-order valence-corrected chi connectivity index (χ4v) is 3.24. The van der Waals surface area contributed by atoms with Crippen molar-refractivity contribution in [3.05, 3.63) is 41.0 Å². The van der Waals surface area contributed by atoms with Gasteiger partial charge in [0.2, 0.25) is 0 Å². The van der Waals surface area contributed by atoms with Crippen LogP contribution in [-0.2, 0) is 6.18 Å². The molecule has 1 aromatic carbocycles. The Morgan fingerprint density at radius 1 is 1.00 bits per heavy atom. The third kappa shape index (κ3) is 3.31. The van der Waals surface area contributed by atoms with E-state index in [9.17, 15) is 13.2 Å². The quantitative estimate of drug-likeness (QED) is 0.762. The number of benzene rings is 1. The van der Waals surface area contributed by atoms with Gasteiger partial charge in [0.25, 0.3) is 0 Å². The van der Waals surface area contributed by atoms with Crippen LogP contribution in [-0.4, -0.2) is 24.0 Å². The molecule has 0 radical (unpaired) electrons. The van der Waals surface area contributed by atoms with Crippen molar-refractivity contribution in [2.24, 2.45) is 0 Å². The minimum absolute atomic E-state index is 0.509. The molecule has 0 bridgehead atoms. The minimum Gasteiger partial charge on any atom is -0.297 e. The summed E-state index contributed by atoms with van der Waals surface area (Å²) in [7, 11) is 0. The molecule has 0 amide bonds. The highest BCUT2D eigenvalue weighted by Crippen LogP contribution is 2.33. The lowest BCUT2D eigenvalue weighted by Gasteiger charge is -2.42. The number of rotatable bonds is 2. The van der Waals surface area contributed by atoms with Crippen molar-refractivity contribution in [1.29, 1.82) is 0 Å². The van der Waals surface area contributed by atoms with Crippen LogP contribution in [0.1, 0.15) is 43.2 Å². The number of nitrogens with zero attached hydrogens (tertiary/aromatic N) is 1. The van der Waals surface area contributed by atoms with E-state index in [0.717, 1.165) is 25.1 Å². The van der Waals surface area contributed by atoms with Crippen LogP contribution in [0.3, 0.4) is 0 Å².